The summed E-state index contributed by atoms with van der Waals surface area (Å²) in [6.45, 7) is 6.79. The highest BCUT2D eigenvalue weighted by atomic mass is 16.3. The first-order valence-corrected chi connectivity index (χ1v) is 7.81. The maximum absolute atomic E-state index is 10.8. The lowest BCUT2D eigenvalue weighted by Gasteiger charge is -2.32. The van der Waals surface area contributed by atoms with Gasteiger partial charge >= 0.3 is 0 Å². The topological polar surface area (TPSA) is 32.3 Å². The van der Waals surface area contributed by atoms with E-state index in [4.69, 9.17) is 0 Å². The van der Waals surface area contributed by atoms with Crippen molar-refractivity contribution in [2.45, 2.75) is 57.5 Å². The Balaban J connectivity index is 1.95. The van der Waals surface area contributed by atoms with Crippen LogP contribution in [0.25, 0.3) is 0 Å². The Bertz CT molecular complexity index is 446. The number of hydrogen-bond acceptors (Lipinski definition) is 2. The van der Waals surface area contributed by atoms with Crippen molar-refractivity contribution >= 4 is 0 Å². The largest absolute Gasteiger partial charge is 0.389 e. The first-order valence-electron chi connectivity index (χ1n) is 7.81. The van der Waals surface area contributed by atoms with Crippen molar-refractivity contribution in [1.29, 1.82) is 0 Å². The maximum atomic E-state index is 10.8. The third-order valence-electron chi connectivity index (χ3n) is 4.21. The molecular weight excluding hydrogens is 246 g/mol. The molecule has 1 aliphatic carbocycles. The molecule has 1 aromatic rings. The lowest BCUT2D eigenvalue weighted by atomic mass is 9.79. The zero-order valence-electron chi connectivity index (χ0n) is 12.6. The number of hydrogen-bond donors (Lipinski definition) is 2. The van der Waals surface area contributed by atoms with Crippen molar-refractivity contribution in [3.05, 3.63) is 47.7 Å². The van der Waals surface area contributed by atoms with Gasteiger partial charge in [0.25, 0.3) is 0 Å². The second kappa shape index (κ2) is 6.94. The molecule has 2 heteroatoms. The van der Waals surface area contributed by atoms with Crippen molar-refractivity contribution in [1.82, 2.24) is 5.32 Å². The maximum Gasteiger partial charge on any atom is 0.0896 e. The Morgan fingerprint density at radius 3 is 2.75 bits per heavy atom. The van der Waals surface area contributed by atoms with E-state index in [1.54, 1.807) is 0 Å². The third kappa shape index (κ3) is 4.11. The van der Waals surface area contributed by atoms with Crippen molar-refractivity contribution in [2.75, 3.05) is 6.54 Å². The van der Waals surface area contributed by atoms with Crippen LogP contribution in [0.5, 0.6) is 0 Å². The van der Waals surface area contributed by atoms with Gasteiger partial charge in [-0.2, -0.15) is 0 Å². The van der Waals surface area contributed by atoms with Gasteiger partial charge in [0.15, 0.2) is 0 Å². The monoisotopic (exact) mass is 273 g/mol. The van der Waals surface area contributed by atoms with E-state index in [2.05, 4.69) is 36.2 Å². The van der Waals surface area contributed by atoms with Gasteiger partial charge in [-0.3, -0.25) is 0 Å². The van der Waals surface area contributed by atoms with Crippen molar-refractivity contribution < 1.29 is 5.11 Å². The van der Waals surface area contributed by atoms with E-state index >= 15 is 0 Å². The Labute approximate surface area is 122 Å². The van der Waals surface area contributed by atoms with Crippen LogP contribution in [0.3, 0.4) is 0 Å². The molecule has 0 aliphatic heterocycles. The summed E-state index contributed by atoms with van der Waals surface area (Å²) >= 11 is 0. The standard InChI is InChI=1S/C18H27NO/c1-15(2)19-13-7-9-16-8-6-10-17(14-16)18(20)11-4-3-5-12-18/h6,8,10,14,19-20H,1,3-5,7,9,11-13H2,2H3. The number of aryl methyl sites for hydroxylation is 1. The van der Waals surface area contributed by atoms with Gasteiger partial charge in [0, 0.05) is 12.2 Å². The van der Waals surface area contributed by atoms with Crippen LogP contribution >= 0.6 is 0 Å². The molecule has 0 bridgehead atoms. The molecule has 0 heterocycles. The molecule has 0 unspecified atom stereocenters. The van der Waals surface area contributed by atoms with Gasteiger partial charge in [-0.05, 0) is 43.7 Å². The Kier molecular flexibility index (Phi) is 5.24. The molecule has 1 fully saturated rings. The molecular formula is C18H27NO. The van der Waals surface area contributed by atoms with Gasteiger partial charge in [0.05, 0.1) is 5.60 Å². The minimum absolute atomic E-state index is 0.579. The van der Waals surface area contributed by atoms with Gasteiger partial charge in [0.1, 0.15) is 0 Å². The zero-order valence-corrected chi connectivity index (χ0v) is 12.6. The summed E-state index contributed by atoms with van der Waals surface area (Å²) in [6.07, 6.45) is 7.50. The van der Waals surface area contributed by atoms with E-state index < -0.39 is 5.60 Å². The van der Waals surface area contributed by atoms with Gasteiger partial charge < -0.3 is 10.4 Å². The highest BCUT2D eigenvalue weighted by Crippen LogP contribution is 2.37. The van der Waals surface area contributed by atoms with E-state index in [-0.39, 0.29) is 0 Å². The molecule has 0 saturated heterocycles. The van der Waals surface area contributed by atoms with E-state index in [1.165, 1.54) is 12.0 Å². The fourth-order valence-corrected chi connectivity index (χ4v) is 3.04. The van der Waals surface area contributed by atoms with Crippen LogP contribution in [0.4, 0.5) is 0 Å². The van der Waals surface area contributed by atoms with Gasteiger partial charge in [-0.15, -0.1) is 0 Å². The van der Waals surface area contributed by atoms with Crippen LogP contribution in [-0.2, 0) is 12.0 Å². The Morgan fingerprint density at radius 2 is 2.05 bits per heavy atom. The predicted molar refractivity (Wildman–Crippen MR) is 84.6 cm³/mol. The van der Waals surface area contributed by atoms with Gasteiger partial charge in [-0.25, -0.2) is 0 Å². The number of aliphatic hydroxyl groups is 1. The minimum atomic E-state index is -0.579. The summed E-state index contributed by atoms with van der Waals surface area (Å²) in [6, 6.07) is 8.53. The highest BCUT2D eigenvalue weighted by Gasteiger charge is 2.30. The number of nitrogens with one attached hydrogen (secondary N) is 1. The minimum Gasteiger partial charge on any atom is -0.389 e. The molecule has 0 spiro atoms. The van der Waals surface area contributed by atoms with Crippen molar-refractivity contribution in [3.8, 4) is 0 Å². The molecule has 110 valence electrons. The summed E-state index contributed by atoms with van der Waals surface area (Å²) < 4.78 is 0. The second-order valence-electron chi connectivity index (χ2n) is 6.10. The molecule has 2 nitrogen and oxygen atoms in total. The number of rotatable bonds is 6. The summed E-state index contributed by atoms with van der Waals surface area (Å²) in [5.74, 6) is 0. The average molecular weight is 273 g/mol. The van der Waals surface area contributed by atoms with Crippen LogP contribution in [-0.4, -0.2) is 11.7 Å². The predicted octanol–water partition coefficient (Wildman–Crippen LogP) is 3.89. The first-order chi connectivity index (χ1) is 9.60. The SMILES string of the molecule is C=C(C)NCCCc1cccc(C2(O)CCCCC2)c1. The fourth-order valence-electron chi connectivity index (χ4n) is 3.04. The molecule has 0 aromatic heterocycles. The fraction of sp³-hybridized carbons (Fsp3) is 0.556. The van der Waals surface area contributed by atoms with E-state index in [1.807, 2.05) is 6.92 Å². The summed E-state index contributed by atoms with van der Waals surface area (Å²) in [7, 11) is 0. The van der Waals surface area contributed by atoms with Crippen LogP contribution in [0, 0.1) is 0 Å². The summed E-state index contributed by atoms with van der Waals surface area (Å²) in [5, 5.41) is 14.0. The van der Waals surface area contributed by atoms with Crippen LogP contribution < -0.4 is 5.32 Å². The third-order valence-corrected chi connectivity index (χ3v) is 4.21. The molecule has 1 aromatic carbocycles. The lowest BCUT2D eigenvalue weighted by molar-refractivity contribution is -0.000689. The normalized spacial score (nSPS) is 17.7. The number of benzene rings is 1. The zero-order chi connectivity index (χ0) is 14.4. The molecule has 0 radical (unpaired) electrons. The van der Waals surface area contributed by atoms with Gasteiger partial charge in [0.2, 0.25) is 0 Å². The molecule has 1 saturated carbocycles. The van der Waals surface area contributed by atoms with Crippen LogP contribution in [0.2, 0.25) is 0 Å². The second-order valence-corrected chi connectivity index (χ2v) is 6.10. The molecule has 1 aliphatic rings. The average Bonchev–Trinajstić information content (AvgIpc) is 2.45. The molecule has 20 heavy (non-hydrogen) atoms. The van der Waals surface area contributed by atoms with Crippen LogP contribution in [0.1, 0.15) is 56.6 Å². The van der Waals surface area contributed by atoms with Crippen LogP contribution in [0.15, 0.2) is 36.5 Å². The Hall–Kier alpha value is -1.28. The summed E-state index contributed by atoms with van der Waals surface area (Å²) in [4.78, 5) is 0. The highest BCUT2D eigenvalue weighted by molar-refractivity contribution is 5.28. The van der Waals surface area contributed by atoms with Gasteiger partial charge in [-0.1, -0.05) is 50.1 Å². The first kappa shape index (κ1) is 15.1. The molecule has 0 atom stereocenters. The quantitative estimate of drug-likeness (QED) is 0.771. The van der Waals surface area contributed by atoms with E-state index in [0.29, 0.717) is 0 Å². The number of allylic oxidation sites excluding steroid dienone is 1. The Morgan fingerprint density at radius 1 is 1.30 bits per heavy atom. The van der Waals surface area contributed by atoms with Crippen molar-refractivity contribution in [2.24, 2.45) is 0 Å². The lowest BCUT2D eigenvalue weighted by Crippen LogP contribution is -2.28. The van der Waals surface area contributed by atoms with E-state index in [0.717, 1.165) is 56.3 Å². The summed E-state index contributed by atoms with van der Waals surface area (Å²) in [5.41, 5.74) is 2.88. The molecule has 0 amide bonds. The molecule has 2 rings (SSSR count). The van der Waals surface area contributed by atoms with Crippen molar-refractivity contribution in [3.63, 3.8) is 0 Å². The van der Waals surface area contributed by atoms with E-state index in [9.17, 15) is 5.11 Å². The smallest absolute Gasteiger partial charge is 0.0896 e. The molecule has 2 N–H and O–H groups in total.